The molecule has 0 heterocycles. The number of rotatable bonds is 81. The van der Waals surface area contributed by atoms with Gasteiger partial charge < -0.3 is 20.9 Å². The summed E-state index contributed by atoms with van der Waals surface area (Å²) in [5.41, 5.74) is 10.5. The fourth-order valence-electron chi connectivity index (χ4n) is 14.7. The predicted molar refractivity (Wildman–Crippen MR) is 400 cm³/mol. The van der Waals surface area contributed by atoms with Gasteiger partial charge in [-0.2, -0.15) is 0 Å². The van der Waals surface area contributed by atoms with Gasteiger partial charge in [-0.3, -0.25) is 0 Å². The van der Waals surface area contributed by atoms with Crippen LogP contribution >= 0.6 is 0 Å². The van der Waals surface area contributed by atoms with Crippen molar-refractivity contribution in [3.8, 4) is 0 Å². The van der Waals surface area contributed by atoms with Crippen molar-refractivity contribution in [3.63, 3.8) is 0 Å². The first kappa shape index (κ1) is 88.5. The first-order valence-corrected chi connectivity index (χ1v) is 42.4. The number of ether oxygens (including phenoxy) is 2. The maximum absolute atomic E-state index is 12.3. The van der Waals surface area contributed by atoms with Crippen molar-refractivity contribution >= 4 is 12.2 Å². The summed E-state index contributed by atoms with van der Waals surface area (Å²) < 4.78 is 11.0. The molecular formula is C84H168N2O4. The molecule has 0 saturated heterocycles. The second-order valence-electron chi connectivity index (χ2n) is 29.8. The Hall–Kier alpha value is -1.46. The highest BCUT2D eigenvalue weighted by atomic mass is 16.6. The molecule has 538 valence electrons. The molecule has 6 nitrogen and oxygen atoms in total. The minimum atomic E-state index is -0.713. The van der Waals surface area contributed by atoms with Gasteiger partial charge in [0.2, 0.25) is 0 Å². The Balaban J connectivity index is 3.82. The van der Waals surface area contributed by atoms with E-state index >= 15 is 0 Å². The number of carbonyl (C=O) groups excluding carboxylic acids is 2. The molecule has 2 amide bonds. The van der Waals surface area contributed by atoms with E-state index in [1.54, 1.807) is 0 Å². The van der Waals surface area contributed by atoms with E-state index < -0.39 is 17.8 Å². The number of primary amides is 2. The summed E-state index contributed by atoms with van der Waals surface area (Å²) in [7, 11) is 0. The third-order valence-corrected chi connectivity index (χ3v) is 20.8. The summed E-state index contributed by atoms with van der Waals surface area (Å²) in [5, 5.41) is 0. The minimum Gasteiger partial charge on any atom is -0.450 e. The fourth-order valence-corrected chi connectivity index (χ4v) is 14.7. The van der Waals surface area contributed by atoms with Gasteiger partial charge in [0, 0.05) is 0 Å². The zero-order valence-electron chi connectivity index (χ0n) is 62.1. The minimum absolute atomic E-state index is 0.346. The number of hydrogen-bond donors (Lipinski definition) is 2. The van der Waals surface area contributed by atoms with E-state index in [1.165, 1.54) is 449 Å². The highest BCUT2D eigenvalue weighted by Crippen LogP contribution is 2.33. The van der Waals surface area contributed by atoms with Gasteiger partial charge in [0.15, 0.2) is 0 Å². The molecule has 0 saturated carbocycles. The number of amides is 2. The Morgan fingerprint density at radius 1 is 0.200 bits per heavy atom. The van der Waals surface area contributed by atoms with Gasteiger partial charge in [0.1, 0.15) is 5.60 Å². The van der Waals surface area contributed by atoms with Crippen LogP contribution in [-0.2, 0) is 9.47 Å². The van der Waals surface area contributed by atoms with Crippen LogP contribution in [0.4, 0.5) is 9.59 Å². The van der Waals surface area contributed by atoms with Crippen molar-refractivity contribution in [3.05, 3.63) is 0 Å². The fraction of sp³-hybridized carbons (Fsp3) is 0.976. The SMILES string of the molecule is CCCCCCCCCCCCCCCCCCCCCCCCCCCCCCCCCCCCCCC(CCCCCCCCCCCCCCCCCCCCCCCCCCCCCCCCCCCCCC)(CCCCCOC(N)=O)OC(N)=O. The van der Waals surface area contributed by atoms with Crippen LogP contribution in [0.5, 0.6) is 0 Å². The largest absolute Gasteiger partial charge is 0.450 e. The summed E-state index contributed by atoms with van der Waals surface area (Å²) in [6, 6.07) is 0. The van der Waals surface area contributed by atoms with Crippen molar-refractivity contribution in [2.45, 2.75) is 520 Å². The number of hydrogen-bond acceptors (Lipinski definition) is 4. The molecule has 0 bridgehead atoms. The molecule has 0 aliphatic heterocycles. The van der Waals surface area contributed by atoms with Crippen LogP contribution < -0.4 is 11.5 Å². The third-order valence-electron chi connectivity index (χ3n) is 20.8. The first-order chi connectivity index (χ1) is 44.5. The molecule has 6 heteroatoms. The molecule has 0 atom stereocenters. The molecule has 0 aliphatic rings. The van der Waals surface area contributed by atoms with Crippen LogP contribution in [0.15, 0.2) is 0 Å². The lowest BCUT2D eigenvalue weighted by atomic mass is 9.84. The lowest BCUT2D eigenvalue weighted by molar-refractivity contribution is -0.00989. The van der Waals surface area contributed by atoms with Gasteiger partial charge in [0.25, 0.3) is 0 Å². The van der Waals surface area contributed by atoms with Crippen LogP contribution in [0.1, 0.15) is 515 Å². The van der Waals surface area contributed by atoms with E-state index in [2.05, 4.69) is 13.8 Å². The monoisotopic (exact) mass is 1270 g/mol. The third kappa shape index (κ3) is 75.6. The van der Waals surface area contributed by atoms with Gasteiger partial charge >= 0.3 is 12.2 Å². The number of carbonyl (C=O) groups is 2. The molecule has 90 heavy (non-hydrogen) atoms. The zero-order chi connectivity index (χ0) is 64.9. The van der Waals surface area contributed by atoms with E-state index in [4.69, 9.17) is 20.9 Å². The van der Waals surface area contributed by atoms with Crippen LogP contribution in [0.2, 0.25) is 0 Å². The normalized spacial score (nSPS) is 11.8. The predicted octanol–water partition coefficient (Wildman–Crippen LogP) is 30.4. The quantitative estimate of drug-likeness (QED) is 0.0592. The van der Waals surface area contributed by atoms with Gasteiger partial charge in [-0.1, -0.05) is 463 Å². The molecular weight excluding hydrogens is 1100 g/mol. The summed E-state index contributed by atoms with van der Waals surface area (Å²) in [5.74, 6) is 0. The Labute approximate surface area is 566 Å². The number of unbranched alkanes of at least 4 members (excludes halogenated alkanes) is 72. The molecule has 0 aromatic heterocycles. The first-order valence-electron chi connectivity index (χ1n) is 42.4. The second-order valence-corrected chi connectivity index (χ2v) is 29.8. The maximum atomic E-state index is 12.3. The zero-order valence-corrected chi connectivity index (χ0v) is 62.1. The Bertz CT molecular complexity index is 1260. The number of nitrogens with two attached hydrogens (primary N) is 2. The standard InChI is InChI=1S/C84H168N2O4/c1-3-5-7-9-11-13-15-17-19-21-23-25-27-29-31-33-35-37-39-41-43-45-47-49-51-53-55-57-59-61-63-65-67-69-71-74-78-84(90-83(86)88,80-76-73-77-81-89-82(85)87)79-75-72-70-68-66-64-62-60-58-56-54-52-50-48-46-44-42-40-38-36-34-32-30-28-26-24-22-20-18-16-14-12-10-8-6-4-2/h3-81H2,1-2H3,(H2,85,87)(H2,86,88). The van der Waals surface area contributed by atoms with Crippen LogP contribution in [0.25, 0.3) is 0 Å². The second kappa shape index (κ2) is 78.2. The van der Waals surface area contributed by atoms with Gasteiger partial charge in [-0.15, -0.1) is 0 Å². The van der Waals surface area contributed by atoms with E-state index in [-0.39, 0.29) is 0 Å². The van der Waals surface area contributed by atoms with Crippen molar-refractivity contribution in [1.82, 2.24) is 0 Å². The summed E-state index contributed by atoms with van der Waals surface area (Å²) >= 11 is 0. The van der Waals surface area contributed by atoms with Crippen molar-refractivity contribution in [2.75, 3.05) is 6.61 Å². The average molecular weight is 1270 g/mol. The van der Waals surface area contributed by atoms with Crippen LogP contribution in [0.3, 0.4) is 0 Å². The van der Waals surface area contributed by atoms with E-state index in [1.807, 2.05) is 0 Å². The summed E-state index contributed by atoms with van der Waals surface area (Å²) in [4.78, 5) is 23.4. The molecule has 0 aliphatic carbocycles. The molecule has 0 radical (unpaired) electrons. The van der Waals surface area contributed by atoms with Gasteiger partial charge in [0.05, 0.1) is 6.61 Å². The molecule has 0 rings (SSSR count). The molecule has 0 aromatic rings. The molecule has 0 unspecified atom stereocenters. The van der Waals surface area contributed by atoms with Crippen LogP contribution in [0, 0.1) is 0 Å². The molecule has 0 aromatic carbocycles. The Morgan fingerprint density at radius 2 is 0.333 bits per heavy atom. The maximum Gasteiger partial charge on any atom is 0.405 e. The Kier molecular flexibility index (Phi) is 77.0. The molecule has 0 spiro atoms. The topological polar surface area (TPSA) is 105 Å². The van der Waals surface area contributed by atoms with Crippen LogP contribution in [-0.4, -0.2) is 24.4 Å². The van der Waals surface area contributed by atoms with E-state index in [9.17, 15) is 9.59 Å². The molecule has 4 N–H and O–H groups in total. The molecule has 0 fully saturated rings. The Morgan fingerprint density at radius 3 is 0.467 bits per heavy atom. The van der Waals surface area contributed by atoms with Crippen molar-refractivity contribution < 1.29 is 19.1 Å². The smallest absolute Gasteiger partial charge is 0.405 e. The lowest BCUT2D eigenvalue weighted by Gasteiger charge is -2.33. The van der Waals surface area contributed by atoms with E-state index in [0.29, 0.717) is 6.61 Å². The van der Waals surface area contributed by atoms with Gasteiger partial charge in [-0.25, -0.2) is 9.59 Å². The summed E-state index contributed by atoms with van der Waals surface area (Å²) in [6.45, 7) is 4.96. The van der Waals surface area contributed by atoms with Crippen molar-refractivity contribution in [1.29, 1.82) is 0 Å². The highest BCUT2D eigenvalue weighted by Gasteiger charge is 2.32. The lowest BCUT2D eigenvalue weighted by Crippen LogP contribution is -2.37. The highest BCUT2D eigenvalue weighted by molar-refractivity contribution is 5.65. The average Bonchev–Trinajstić information content (AvgIpc) is 3.54. The van der Waals surface area contributed by atoms with Gasteiger partial charge in [-0.05, 0) is 51.4 Å². The summed E-state index contributed by atoms with van der Waals surface area (Å²) in [6.07, 6.45) is 106. The van der Waals surface area contributed by atoms with Crippen molar-refractivity contribution in [2.24, 2.45) is 11.5 Å². The van der Waals surface area contributed by atoms with E-state index in [0.717, 1.165) is 51.4 Å².